The summed E-state index contributed by atoms with van der Waals surface area (Å²) < 4.78 is 10.5. The van der Waals surface area contributed by atoms with Crippen LogP contribution in [-0.2, 0) is 9.59 Å². The molecule has 0 unspecified atom stereocenters. The lowest BCUT2D eigenvalue weighted by molar-refractivity contribution is -0.121. The Morgan fingerprint density at radius 1 is 1.05 bits per heavy atom. The second-order valence-electron chi connectivity index (χ2n) is 8.71. The number of hydrazone groups is 1. The normalized spacial score (nSPS) is 18.7. The van der Waals surface area contributed by atoms with Crippen LogP contribution in [0.25, 0.3) is 0 Å². The lowest BCUT2D eigenvalue weighted by Gasteiger charge is -2.23. The molecule has 0 bridgehead atoms. The molecule has 2 amide bonds. The van der Waals surface area contributed by atoms with Crippen molar-refractivity contribution in [1.82, 2.24) is 5.01 Å². The minimum absolute atomic E-state index is 0.0117. The van der Waals surface area contributed by atoms with Crippen LogP contribution in [-0.4, -0.2) is 47.2 Å². The Kier molecular flexibility index (Phi) is 7.67. The van der Waals surface area contributed by atoms with Crippen molar-refractivity contribution in [2.45, 2.75) is 24.1 Å². The van der Waals surface area contributed by atoms with E-state index in [1.54, 1.807) is 43.5 Å². The topological polar surface area (TPSA) is 92.6 Å². The maximum absolute atomic E-state index is 12.8. The number of amidine groups is 1. The monoisotopic (exact) mass is 548 g/mol. The first-order valence-electron chi connectivity index (χ1n) is 11.9. The highest BCUT2D eigenvalue weighted by molar-refractivity contribution is 8.15. The molecule has 0 aliphatic carbocycles. The van der Waals surface area contributed by atoms with Gasteiger partial charge in [-0.15, -0.1) is 0 Å². The van der Waals surface area contributed by atoms with E-state index in [1.807, 2.05) is 48.5 Å². The first kappa shape index (κ1) is 25.8. The van der Waals surface area contributed by atoms with Gasteiger partial charge < -0.3 is 14.8 Å². The van der Waals surface area contributed by atoms with Crippen molar-refractivity contribution >= 4 is 51.7 Å². The Morgan fingerprint density at radius 3 is 2.50 bits per heavy atom. The van der Waals surface area contributed by atoms with E-state index in [9.17, 15) is 9.59 Å². The molecule has 5 rings (SSSR count). The van der Waals surface area contributed by atoms with Crippen LogP contribution in [0.15, 0.2) is 82.9 Å². The average molecular weight is 549 g/mol. The van der Waals surface area contributed by atoms with Crippen molar-refractivity contribution in [3.8, 4) is 11.5 Å². The summed E-state index contributed by atoms with van der Waals surface area (Å²) in [6, 6.07) is 22.2. The number of methoxy groups -OCH3 is 2. The number of amides is 2. The fraction of sp³-hybridized carbons (Fsp3) is 0.214. The van der Waals surface area contributed by atoms with Crippen molar-refractivity contribution in [2.24, 2.45) is 10.1 Å². The predicted molar refractivity (Wildman–Crippen MR) is 150 cm³/mol. The zero-order valence-corrected chi connectivity index (χ0v) is 22.3. The van der Waals surface area contributed by atoms with Crippen LogP contribution >= 0.6 is 23.4 Å². The fourth-order valence-corrected chi connectivity index (χ4v) is 5.46. The van der Waals surface area contributed by atoms with Crippen LogP contribution in [0, 0.1) is 0 Å². The average Bonchev–Trinajstić information content (AvgIpc) is 3.53. The van der Waals surface area contributed by atoms with Gasteiger partial charge in [-0.3, -0.25) is 9.59 Å². The maximum atomic E-state index is 12.8. The Morgan fingerprint density at radius 2 is 1.79 bits per heavy atom. The largest absolute Gasteiger partial charge is 0.497 e. The molecule has 0 aromatic heterocycles. The van der Waals surface area contributed by atoms with Crippen LogP contribution in [0.3, 0.4) is 0 Å². The van der Waals surface area contributed by atoms with Crippen LogP contribution in [0.2, 0.25) is 5.02 Å². The van der Waals surface area contributed by atoms with Gasteiger partial charge in [0.2, 0.25) is 5.91 Å². The van der Waals surface area contributed by atoms with Gasteiger partial charge in [-0.25, -0.2) is 5.01 Å². The number of aliphatic imine (C=N–C) groups is 1. The summed E-state index contributed by atoms with van der Waals surface area (Å²) in [5.41, 5.74) is 3.41. The number of benzene rings is 3. The van der Waals surface area contributed by atoms with Crippen LogP contribution in [0.4, 0.5) is 5.69 Å². The highest BCUT2D eigenvalue weighted by Gasteiger charge is 2.39. The molecule has 2 aliphatic heterocycles. The Labute approximate surface area is 229 Å². The van der Waals surface area contributed by atoms with Gasteiger partial charge in [0.15, 0.2) is 5.17 Å². The molecule has 1 N–H and O–H groups in total. The summed E-state index contributed by atoms with van der Waals surface area (Å²) in [5.74, 6) is 0.759. The molecule has 3 aromatic rings. The van der Waals surface area contributed by atoms with E-state index in [-0.39, 0.29) is 24.3 Å². The van der Waals surface area contributed by atoms with Gasteiger partial charge in [-0.05, 0) is 59.7 Å². The van der Waals surface area contributed by atoms with Crippen molar-refractivity contribution in [3.05, 3.63) is 88.9 Å². The zero-order valence-electron chi connectivity index (χ0n) is 20.8. The quantitative estimate of drug-likeness (QED) is 0.417. The van der Waals surface area contributed by atoms with Gasteiger partial charge in [0.1, 0.15) is 16.7 Å². The molecule has 2 heterocycles. The molecule has 2 atom stereocenters. The summed E-state index contributed by atoms with van der Waals surface area (Å²) in [5, 5.41) is 9.95. The molecule has 0 saturated heterocycles. The molecule has 2 aliphatic rings. The van der Waals surface area contributed by atoms with E-state index in [2.05, 4.69) is 10.3 Å². The molecule has 3 aromatic carbocycles. The Balaban J connectivity index is 1.34. The van der Waals surface area contributed by atoms with Crippen molar-refractivity contribution < 1.29 is 19.1 Å². The van der Waals surface area contributed by atoms with Crippen LogP contribution < -0.4 is 14.8 Å². The number of carbonyl (C=O) groups is 2. The second kappa shape index (κ2) is 11.3. The molecule has 0 fully saturated rings. The van der Waals surface area contributed by atoms with Gasteiger partial charge in [0.05, 0.1) is 26.0 Å². The molecule has 38 heavy (non-hydrogen) atoms. The summed E-state index contributed by atoms with van der Waals surface area (Å²) in [7, 11) is 3.19. The number of nitrogens with one attached hydrogen (secondary N) is 1. The number of nitrogens with zero attached hydrogens (tertiary/aromatic N) is 3. The Bertz CT molecular complexity index is 1410. The third kappa shape index (κ3) is 5.69. The van der Waals surface area contributed by atoms with E-state index in [0.717, 1.165) is 22.6 Å². The lowest BCUT2D eigenvalue weighted by atomic mass is 9.98. The number of hydrogen-bond acceptors (Lipinski definition) is 7. The minimum Gasteiger partial charge on any atom is -0.497 e. The van der Waals surface area contributed by atoms with E-state index in [1.165, 1.54) is 11.8 Å². The highest BCUT2D eigenvalue weighted by Crippen LogP contribution is 2.39. The third-order valence-electron chi connectivity index (χ3n) is 6.24. The second-order valence-corrected chi connectivity index (χ2v) is 10.3. The van der Waals surface area contributed by atoms with Crippen molar-refractivity contribution in [2.75, 3.05) is 19.5 Å². The van der Waals surface area contributed by atoms with Gasteiger partial charge in [-0.2, -0.15) is 10.1 Å². The van der Waals surface area contributed by atoms with Crippen LogP contribution in [0.1, 0.15) is 30.0 Å². The molecule has 8 nitrogen and oxygen atoms in total. The zero-order chi connectivity index (χ0) is 26.6. The summed E-state index contributed by atoms with van der Waals surface area (Å²) in [6.07, 6.45) is 0.602. The van der Waals surface area contributed by atoms with Gasteiger partial charge in [0, 0.05) is 29.6 Å². The Hall–Kier alpha value is -3.82. The third-order valence-corrected chi connectivity index (χ3v) is 7.63. The number of anilines is 1. The molecular formula is C28H25ClN4O4S. The smallest absolute Gasteiger partial charge is 0.262 e. The van der Waals surface area contributed by atoms with E-state index in [4.69, 9.17) is 26.2 Å². The minimum atomic E-state index is -0.637. The number of hydrogen-bond donors (Lipinski definition) is 1. The van der Waals surface area contributed by atoms with Gasteiger partial charge in [-0.1, -0.05) is 41.6 Å². The molecular weight excluding hydrogens is 524 g/mol. The van der Waals surface area contributed by atoms with E-state index in [0.29, 0.717) is 28.0 Å². The van der Waals surface area contributed by atoms with Gasteiger partial charge >= 0.3 is 0 Å². The molecule has 194 valence electrons. The number of carbonyl (C=O) groups excluding carboxylic acids is 2. The number of halogens is 1. The summed E-state index contributed by atoms with van der Waals surface area (Å²) in [6.45, 7) is 0. The molecule has 0 saturated carbocycles. The summed E-state index contributed by atoms with van der Waals surface area (Å²) >= 11 is 7.38. The SMILES string of the molecule is COc1ccc(C2=NN(C3=NC(=O)[C@@H](CC(=O)Nc4cccc(OC)c4)S3)[C@H](c3ccc(Cl)cc3)C2)cc1. The van der Waals surface area contributed by atoms with E-state index >= 15 is 0 Å². The highest BCUT2D eigenvalue weighted by atomic mass is 35.5. The molecule has 0 radical (unpaired) electrons. The lowest BCUT2D eigenvalue weighted by Crippen LogP contribution is -2.25. The fourth-order valence-electron chi connectivity index (χ4n) is 4.27. The number of ether oxygens (including phenoxy) is 2. The first-order valence-corrected chi connectivity index (χ1v) is 13.2. The number of rotatable bonds is 7. The van der Waals surface area contributed by atoms with Gasteiger partial charge in [0.25, 0.3) is 5.91 Å². The molecule has 10 heteroatoms. The molecule has 0 spiro atoms. The standard InChI is InChI=1S/C28H25ClN4O4S/c1-36-21-12-8-17(9-13-21)23-15-24(18-6-10-19(29)11-7-18)33(32-23)28-31-27(35)25(38-28)16-26(34)30-20-4-3-5-22(14-20)37-2/h3-14,24-25H,15-16H2,1-2H3,(H,30,34)/t24-,25+/m0/s1. The maximum Gasteiger partial charge on any atom is 0.262 e. The van der Waals surface area contributed by atoms with Crippen molar-refractivity contribution in [3.63, 3.8) is 0 Å². The van der Waals surface area contributed by atoms with E-state index < -0.39 is 5.25 Å². The first-order chi connectivity index (χ1) is 18.4. The predicted octanol–water partition coefficient (Wildman–Crippen LogP) is 5.54. The number of thioether (sulfide) groups is 1. The van der Waals surface area contributed by atoms with Crippen LogP contribution in [0.5, 0.6) is 11.5 Å². The summed E-state index contributed by atoms with van der Waals surface area (Å²) in [4.78, 5) is 29.8. The van der Waals surface area contributed by atoms with Crippen molar-refractivity contribution in [1.29, 1.82) is 0 Å².